The van der Waals surface area contributed by atoms with Gasteiger partial charge < -0.3 is 0 Å². The molecule has 0 spiro atoms. The lowest BCUT2D eigenvalue weighted by atomic mass is 9.92. The summed E-state index contributed by atoms with van der Waals surface area (Å²) in [6.07, 6.45) is 10.7. The van der Waals surface area contributed by atoms with Gasteiger partial charge in [0, 0.05) is 0 Å². The standard InChI is InChI=1S/C10H10ClF/c11-10(12)8-4-1-2-5-9(8,10)7-3-6-8/h1-2,4-5H,3,6-7H2/t8-,9+,10?. The molecule has 2 heteroatoms. The van der Waals surface area contributed by atoms with Gasteiger partial charge in [-0.25, -0.2) is 4.39 Å². The summed E-state index contributed by atoms with van der Waals surface area (Å²) in [7, 11) is 0. The molecule has 0 radical (unpaired) electrons. The molecule has 3 aliphatic carbocycles. The third kappa shape index (κ3) is 0.422. The van der Waals surface area contributed by atoms with Crippen molar-refractivity contribution in [1.29, 1.82) is 0 Å². The smallest absolute Gasteiger partial charge is 0.203 e. The highest BCUT2D eigenvalue weighted by Gasteiger charge is 2.88. The molecule has 1 unspecified atom stereocenters. The Labute approximate surface area is 76.1 Å². The summed E-state index contributed by atoms with van der Waals surface area (Å²) < 4.78 is 13.9. The summed E-state index contributed by atoms with van der Waals surface area (Å²) >= 11 is 5.89. The van der Waals surface area contributed by atoms with Crippen LogP contribution in [0.25, 0.3) is 0 Å². The molecule has 0 nitrogen and oxygen atoms in total. The van der Waals surface area contributed by atoms with E-state index in [4.69, 9.17) is 11.6 Å². The van der Waals surface area contributed by atoms with E-state index in [9.17, 15) is 4.39 Å². The molecule has 64 valence electrons. The number of alkyl halides is 2. The fraction of sp³-hybridized carbons (Fsp3) is 0.600. The van der Waals surface area contributed by atoms with Crippen LogP contribution in [0.3, 0.4) is 0 Å². The average Bonchev–Trinajstić information content (AvgIpc) is 2.44. The van der Waals surface area contributed by atoms with Crippen LogP contribution in [0.5, 0.6) is 0 Å². The Morgan fingerprint density at radius 3 is 2.08 bits per heavy atom. The van der Waals surface area contributed by atoms with Crippen LogP contribution >= 0.6 is 11.6 Å². The maximum absolute atomic E-state index is 13.9. The van der Waals surface area contributed by atoms with Crippen LogP contribution < -0.4 is 0 Å². The summed E-state index contributed by atoms with van der Waals surface area (Å²) in [5, 5.41) is -1.48. The van der Waals surface area contributed by atoms with E-state index in [1.807, 2.05) is 24.3 Å². The lowest BCUT2D eigenvalue weighted by Gasteiger charge is -2.09. The van der Waals surface area contributed by atoms with Crippen molar-refractivity contribution in [3.63, 3.8) is 0 Å². The highest BCUT2D eigenvalue weighted by atomic mass is 35.5. The second kappa shape index (κ2) is 1.65. The average molecular weight is 185 g/mol. The van der Waals surface area contributed by atoms with Gasteiger partial charge in [0.05, 0.1) is 10.8 Å². The van der Waals surface area contributed by atoms with Gasteiger partial charge in [-0.1, -0.05) is 42.3 Å². The second-order valence-electron chi connectivity index (χ2n) is 4.09. The molecule has 0 aromatic carbocycles. The van der Waals surface area contributed by atoms with Gasteiger partial charge in [0.2, 0.25) is 5.13 Å². The van der Waals surface area contributed by atoms with E-state index in [2.05, 4.69) is 0 Å². The van der Waals surface area contributed by atoms with Gasteiger partial charge in [-0.05, 0) is 12.8 Å². The van der Waals surface area contributed by atoms with Gasteiger partial charge >= 0.3 is 0 Å². The zero-order chi connectivity index (χ0) is 8.45. The Morgan fingerprint density at radius 1 is 1.08 bits per heavy atom. The molecule has 2 fully saturated rings. The third-order valence-corrected chi connectivity index (χ3v) is 4.54. The van der Waals surface area contributed by atoms with Crippen molar-refractivity contribution in [3.8, 4) is 0 Å². The summed E-state index contributed by atoms with van der Waals surface area (Å²) in [5.41, 5.74) is -0.674. The minimum atomic E-state index is -1.48. The zero-order valence-corrected chi connectivity index (χ0v) is 7.44. The summed E-state index contributed by atoms with van der Waals surface area (Å²) in [4.78, 5) is 0. The molecular formula is C10H10ClF. The largest absolute Gasteiger partial charge is 0.224 e. The molecule has 2 saturated carbocycles. The quantitative estimate of drug-likeness (QED) is 0.508. The van der Waals surface area contributed by atoms with Gasteiger partial charge in [0.15, 0.2) is 0 Å². The zero-order valence-electron chi connectivity index (χ0n) is 6.69. The Kier molecular flexibility index (Phi) is 0.981. The second-order valence-corrected chi connectivity index (χ2v) is 4.61. The molecule has 3 aliphatic rings. The first-order valence-electron chi connectivity index (χ1n) is 4.41. The summed E-state index contributed by atoms with van der Waals surface area (Å²) in [6, 6.07) is 0. The summed E-state index contributed by atoms with van der Waals surface area (Å²) in [6.45, 7) is 0. The molecule has 3 atom stereocenters. The van der Waals surface area contributed by atoms with E-state index < -0.39 is 5.13 Å². The highest BCUT2D eigenvalue weighted by molar-refractivity contribution is 6.27. The minimum Gasteiger partial charge on any atom is -0.224 e. The first-order valence-corrected chi connectivity index (χ1v) is 4.79. The molecular weight excluding hydrogens is 175 g/mol. The predicted molar refractivity (Wildman–Crippen MR) is 46.7 cm³/mol. The van der Waals surface area contributed by atoms with Crippen molar-refractivity contribution in [2.45, 2.75) is 24.4 Å². The molecule has 0 saturated heterocycles. The number of allylic oxidation sites excluding steroid dienone is 4. The van der Waals surface area contributed by atoms with Gasteiger partial charge in [0.25, 0.3) is 0 Å². The van der Waals surface area contributed by atoms with Crippen molar-refractivity contribution in [3.05, 3.63) is 24.3 Å². The van der Waals surface area contributed by atoms with Crippen LogP contribution in [0.2, 0.25) is 0 Å². The molecule has 0 aromatic rings. The lowest BCUT2D eigenvalue weighted by Crippen LogP contribution is -2.07. The Hall–Kier alpha value is -0.300. The SMILES string of the molecule is FC1(Cl)[C@@]23C=CC=C[C@@]12CCC3. The molecule has 0 N–H and O–H groups in total. The Bertz CT molecular complexity index is 277. The van der Waals surface area contributed by atoms with Crippen LogP contribution in [-0.4, -0.2) is 5.13 Å². The van der Waals surface area contributed by atoms with Crippen molar-refractivity contribution >= 4 is 11.6 Å². The molecule has 0 aromatic heterocycles. The lowest BCUT2D eigenvalue weighted by molar-refractivity contribution is 0.310. The first kappa shape index (κ1) is 7.14. The maximum atomic E-state index is 13.9. The number of rotatable bonds is 0. The van der Waals surface area contributed by atoms with Gasteiger partial charge in [-0.15, -0.1) is 0 Å². The molecule has 0 heterocycles. The fourth-order valence-electron chi connectivity index (χ4n) is 3.18. The van der Waals surface area contributed by atoms with E-state index >= 15 is 0 Å². The van der Waals surface area contributed by atoms with Gasteiger partial charge in [0.1, 0.15) is 0 Å². The maximum Gasteiger partial charge on any atom is 0.203 e. The van der Waals surface area contributed by atoms with Crippen molar-refractivity contribution in [2.75, 3.05) is 0 Å². The van der Waals surface area contributed by atoms with Crippen molar-refractivity contribution in [1.82, 2.24) is 0 Å². The molecule has 12 heavy (non-hydrogen) atoms. The number of hydrogen-bond donors (Lipinski definition) is 0. The van der Waals surface area contributed by atoms with Gasteiger partial charge in [-0.2, -0.15) is 0 Å². The van der Waals surface area contributed by atoms with Crippen molar-refractivity contribution < 1.29 is 4.39 Å². The van der Waals surface area contributed by atoms with Gasteiger partial charge in [-0.3, -0.25) is 0 Å². The predicted octanol–water partition coefficient (Wildman–Crippen LogP) is 3.19. The third-order valence-electron chi connectivity index (χ3n) is 3.87. The number of halogens is 2. The normalized spacial score (nSPS) is 59.8. The van der Waals surface area contributed by atoms with E-state index in [1.54, 1.807) is 0 Å². The van der Waals surface area contributed by atoms with E-state index in [1.165, 1.54) is 0 Å². The van der Waals surface area contributed by atoms with E-state index in [-0.39, 0.29) is 10.8 Å². The highest BCUT2D eigenvalue weighted by Crippen LogP contribution is 2.85. The minimum absolute atomic E-state index is 0.337. The van der Waals surface area contributed by atoms with Crippen LogP contribution in [-0.2, 0) is 0 Å². The Balaban J connectivity index is 2.20. The molecule has 0 aliphatic heterocycles. The van der Waals surface area contributed by atoms with E-state index in [0.29, 0.717) is 0 Å². The van der Waals surface area contributed by atoms with Crippen molar-refractivity contribution in [2.24, 2.45) is 10.8 Å². The monoisotopic (exact) mass is 184 g/mol. The fourth-order valence-corrected chi connectivity index (χ4v) is 3.78. The number of hydrogen-bond acceptors (Lipinski definition) is 0. The van der Waals surface area contributed by atoms with Crippen LogP contribution in [0.1, 0.15) is 19.3 Å². The first-order chi connectivity index (χ1) is 5.66. The molecule has 3 rings (SSSR count). The molecule has 0 amide bonds. The van der Waals surface area contributed by atoms with Crippen LogP contribution in [0.4, 0.5) is 4.39 Å². The van der Waals surface area contributed by atoms with E-state index in [0.717, 1.165) is 19.3 Å². The Morgan fingerprint density at radius 2 is 1.58 bits per heavy atom. The topological polar surface area (TPSA) is 0 Å². The van der Waals surface area contributed by atoms with Crippen LogP contribution in [0.15, 0.2) is 24.3 Å². The summed E-state index contributed by atoms with van der Waals surface area (Å²) in [5.74, 6) is 0. The van der Waals surface area contributed by atoms with Crippen LogP contribution in [0, 0.1) is 10.8 Å². The molecule has 0 bridgehead atoms.